The number of aliphatic hydroxyl groups is 1. The summed E-state index contributed by atoms with van der Waals surface area (Å²) >= 11 is 0. The molecule has 1 heterocycles. The lowest BCUT2D eigenvalue weighted by Crippen LogP contribution is -2.53. The number of nitrogens with one attached hydrogen (secondary N) is 2. The maximum Gasteiger partial charge on any atom is 0.266 e. The second-order valence-corrected chi connectivity index (χ2v) is 8.39. The average molecular weight is 455 g/mol. The molecule has 178 valence electrons. The molecule has 0 aromatic heterocycles. The Balaban J connectivity index is 1.72. The van der Waals surface area contributed by atoms with E-state index in [9.17, 15) is 4.79 Å². The second-order valence-electron chi connectivity index (χ2n) is 8.39. The lowest BCUT2D eigenvalue weighted by atomic mass is 9.91. The molecule has 0 spiro atoms. The Kier molecular flexibility index (Phi) is 9.24. The van der Waals surface area contributed by atoms with Gasteiger partial charge in [0, 0.05) is 31.6 Å². The molecular formula is C25H34N4O4. The lowest BCUT2D eigenvalue weighted by molar-refractivity contribution is -0.127. The molecule has 3 N–H and O–H groups in total. The van der Waals surface area contributed by atoms with Crippen molar-refractivity contribution in [3.05, 3.63) is 65.7 Å². The number of aliphatic imine (C=N–C) groups is 1. The van der Waals surface area contributed by atoms with E-state index in [2.05, 4.69) is 15.8 Å². The van der Waals surface area contributed by atoms with Gasteiger partial charge in [0.1, 0.15) is 12.4 Å². The van der Waals surface area contributed by atoms with Gasteiger partial charge in [0.05, 0.1) is 6.61 Å². The number of hydrazine groups is 1. The monoisotopic (exact) mass is 454 g/mol. The highest BCUT2D eigenvalue weighted by atomic mass is 16.5. The highest BCUT2D eigenvalue weighted by molar-refractivity contribution is 6.00. The molecule has 0 fully saturated rings. The van der Waals surface area contributed by atoms with Crippen molar-refractivity contribution in [2.45, 2.75) is 24.8 Å². The van der Waals surface area contributed by atoms with E-state index in [1.54, 1.807) is 0 Å². The number of carbonyl (C=O) groups excluding carboxylic acids is 1. The molecule has 2 aromatic rings. The first-order valence-corrected chi connectivity index (χ1v) is 11.3. The van der Waals surface area contributed by atoms with Crippen LogP contribution in [0.2, 0.25) is 0 Å². The van der Waals surface area contributed by atoms with Crippen molar-refractivity contribution >= 4 is 11.8 Å². The zero-order valence-electron chi connectivity index (χ0n) is 19.4. The summed E-state index contributed by atoms with van der Waals surface area (Å²) < 4.78 is 11.5. The fraction of sp³-hybridized carbons (Fsp3) is 0.440. The van der Waals surface area contributed by atoms with Crippen LogP contribution in [0, 0.1) is 0 Å². The number of amides is 1. The summed E-state index contributed by atoms with van der Waals surface area (Å²) in [6.45, 7) is 2.31. The highest BCUT2D eigenvalue weighted by Gasteiger charge is 2.44. The van der Waals surface area contributed by atoms with Crippen molar-refractivity contribution in [3.63, 3.8) is 0 Å². The summed E-state index contributed by atoms with van der Waals surface area (Å²) in [5.41, 5.74) is 6.61. The zero-order valence-corrected chi connectivity index (χ0v) is 19.4. The third-order valence-electron chi connectivity index (χ3n) is 5.31. The number of nitrogens with zero attached hydrogens (tertiary/aromatic N) is 2. The molecule has 0 saturated heterocycles. The van der Waals surface area contributed by atoms with Gasteiger partial charge in [-0.2, -0.15) is 0 Å². The first kappa shape index (κ1) is 24.7. The van der Waals surface area contributed by atoms with Crippen molar-refractivity contribution in [1.82, 2.24) is 15.8 Å². The van der Waals surface area contributed by atoms with Gasteiger partial charge in [-0.3, -0.25) is 10.2 Å². The third-order valence-corrected chi connectivity index (χ3v) is 5.31. The van der Waals surface area contributed by atoms with Crippen molar-refractivity contribution in [2.75, 3.05) is 47.0 Å². The number of ether oxygens (including phenoxy) is 2. The Bertz CT molecular complexity index is 902. The van der Waals surface area contributed by atoms with E-state index in [4.69, 9.17) is 19.6 Å². The van der Waals surface area contributed by atoms with Gasteiger partial charge in [0.15, 0.2) is 5.54 Å². The number of carbonyl (C=O) groups is 1. The first-order chi connectivity index (χ1) is 16.0. The molecule has 1 atom stereocenters. The topological polar surface area (TPSA) is 95.4 Å². The molecule has 0 saturated carbocycles. The molecule has 0 bridgehead atoms. The van der Waals surface area contributed by atoms with Gasteiger partial charge in [0.25, 0.3) is 5.91 Å². The number of aliphatic hydroxyl groups excluding tert-OH is 1. The van der Waals surface area contributed by atoms with E-state index < -0.39 is 5.54 Å². The average Bonchev–Trinajstić information content (AvgIpc) is 3.25. The predicted octanol–water partition coefficient (Wildman–Crippen LogP) is 1.78. The van der Waals surface area contributed by atoms with Crippen molar-refractivity contribution < 1.29 is 19.4 Å². The van der Waals surface area contributed by atoms with E-state index in [0.717, 1.165) is 24.1 Å². The van der Waals surface area contributed by atoms with Gasteiger partial charge in [-0.05, 0) is 56.9 Å². The molecule has 2 aromatic carbocycles. The summed E-state index contributed by atoms with van der Waals surface area (Å²) in [6, 6.07) is 17.2. The SMILES string of the molecule is CN(C)CCCNNC(=O)[C@]1(Cc2ccccc2)COC(c2ccc(OCCCO)cc2)=N1. The van der Waals surface area contributed by atoms with E-state index in [-0.39, 0.29) is 19.1 Å². The molecule has 0 radical (unpaired) electrons. The van der Waals surface area contributed by atoms with Crippen LogP contribution in [0.1, 0.15) is 24.0 Å². The first-order valence-electron chi connectivity index (χ1n) is 11.3. The molecule has 1 aliphatic rings. The largest absolute Gasteiger partial charge is 0.494 e. The summed E-state index contributed by atoms with van der Waals surface area (Å²) in [5.74, 6) is 0.937. The molecule has 3 rings (SSSR count). The number of hydrogen-bond donors (Lipinski definition) is 3. The van der Waals surface area contributed by atoms with Crippen LogP contribution in [0.15, 0.2) is 59.6 Å². The Hall–Kier alpha value is -2.94. The van der Waals surface area contributed by atoms with Crippen molar-refractivity contribution in [1.29, 1.82) is 0 Å². The van der Waals surface area contributed by atoms with Crippen molar-refractivity contribution in [3.8, 4) is 5.75 Å². The van der Waals surface area contributed by atoms with Crippen molar-refractivity contribution in [2.24, 2.45) is 4.99 Å². The highest BCUT2D eigenvalue weighted by Crippen LogP contribution is 2.27. The smallest absolute Gasteiger partial charge is 0.266 e. The Morgan fingerprint density at radius 2 is 1.91 bits per heavy atom. The van der Waals surface area contributed by atoms with Crippen LogP contribution in [0.25, 0.3) is 0 Å². The van der Waals surface area contributed by atoms with Crippen LogP contribution in [0.4, 0.5) is 0 Å². The summed E-state index contributed by atoms with van der Waals surface area (Å²) in [5, 5.41) is 8.88. The van der Waals surface area contributed by atoms with Gasteiger partial charge in [-0.25, -0.2) is 10.4 Å². The van der Waals surface area contributed by atoms with Gasteiger partial charge in [-0.15, -0.1) is 0 Å². The van der Waals surface area contributed by atoms with E-state index >= 15 is 0 Å². The Labute approximate surface area is 195 Å². The fourth-order valence-electron chi connectivity index (χ4n) is 3.51. The molecule has 33 heavy (non-hydrogen) atoms. The summed E-state index contributed by atoms with van der Waals surface area (Å²) in [6.07, 6.45) is 1.93. The Morgan fingerprint density at radius 1 is 1.15 bits per heavy atom. The molecule has 0 unspecified atom stereocenters. The molecular weight excluding hydrogens is 420 g/mol. The van der Waals surface area contributed by atoms with E-state index in [1.165, 1.54) is 0 Å². The molecule has 0 aliphatic carbocycles. The minimum Gasteiger partial charge on any atom is -0.494 e. The van der Waals surface area contributed by atoms with E-state index in [1.807, 2.05) is 68.7 Å². The second kappa shape index (κ2) is 12.3. The Morgan fingerprint density at radius 3 is 2.61 bits per heavy atom. The molecule has 1 amide bonds. The standard InChI is InChI=1S/C25H34N4O4/c1-29(2)15-6-14-26-28-24(31)25(18-20-8-4-3-5-9-20)19-33-23(27-25)21-10-12-22(13-11-21)32-17-7-16-30/h3-5,8-13,26,30H,6-7,14-19H2,1-2H3,(H,28,31)/t25-/m0/s1. The zero-order chi connectivity index (χ0) is 23.5. The fourth-order valence-corrected chi connectivity index (χ4v) is 3.51. The number of benzene rings is 2. The van der Waals surface area contributed by atoms with Crippen LogP contribution in [0.3, 0.4) is 0 Å². The molecule has 8 nitrogen and oxygen atoms in total. The molecule has 1 aliphatic heterocycles. The van der Waals surface area contributed by atoms with Gasteiger partial charge < -0.3 is 19.5 Å². The maximum atomic E-state index is 13.2. The minimum absolute atomic E-state index is 0.0960. The van der Waals surface area contributed by atoms with Crippen LogP contribution >= 0.6 is 0 Å². The van der Waals surface area contributed by atoms with Crippen LogP contribution in [-0.2, 0) is 16.0 Å². The van der Waals surface area contributed by atoms with Gasteiger partial charge >= 0.3 is 0 Å². The van der Waals surface area contributed by atoms with Crippen LogP contribution < -0.4 is 15.6 Å². The quantitative estimate of drug-likeness (QED) is 0.316. The molecule has 8 heteroatoms. The van der Waals surface area contributed by atoms with E-state index in [0.29, 0.717) is 37.6 Å². The van der Waals surface area contributed by atoms with Crippen LogP contribution in [0.5, 0.6) is 5.75 Å². The van der Waals surface area contributed by atoms with Gasteiger partial charge in [-0.1, -0.05) is 30.3 Å². The van der Waals surface area contributed by atoms with Crippen LogP contribution in [-0.4, -0.2) is 74.4 Å². The number of rotatable bonds is 13. The lowest BCUT2D eigenvalue weighted by Gasteiger charge is -2.23. The minimum atomic E-state index is -1.05. The summed E-state index contributed by atoms with van der Waals surface area (Å²) in [4.78, 5) is 20.1. The third kappa shape index (κ3) is 7.28. The predicted molar refractivity (Wildman–Crippen MR) is 128 cm³/mol. The summed E-state index contributed by atoms with van der Waals surface area (Å²) in [7, 11) is 4.04. The number of hydrogen-bond acceptors (Lipinski definition) is 7. The normalized spacial score (nSPS) is 17.5. The maximum absolute atomic E-state index is 13.2. The van der Waals surface area contributed by atoms with Gasteiger partial charge in [0.2, 0.25) is 5.90 Å².